The highest BCUT2D eigenvalue weighted by atomic mass is 16.4. The second kappa shape index (κ2) is 2.47. The minimum Gasteiger partial charge on any atom is -0.478 e. The van der Waals surface area contributed by atoms with Gasteiger partial charge in [-0.15, -0.1) is 0 Å². The normalized spacial score (nSPS) is 26.6. The number of allylic oxidation sites excluding steroid dienone is 2. The molecular formula is C12H10O2. The number of carbonyl (C=O) groups is 1. The van der Waals surface area contributed by atoms with Gasteiger partial charge in [-0.25, -0.2) is 4.79 Å². The average Bonchev–Trinajstić information content (AvgIpc) is 2.77. The molecule has 0 amide bonds. The molecule has 1 aromatic rings. The fraction of sp³-hybridized carbons (Fsp3) is 0.250. The fourth-order valence-electron chi connectivity index (χ4n) is 2.53. The predicted octanol–water partition coefficient (Wildman–Crippen LogP) is 2.53. The first-order valence-corrected chi connectivity index (χ1v) is 4.81. The van der Waals surface area contributed by atoms with E-state index in [0.717, 1.165) is 6.42 Å². The zero-order chi connectivity index (χ0) is 9.71. The van der Waals surface area contributed by atoms with Crippen molar-refractivity contribution >= 4 is 5.97 Å². The third-order valence-corrected chi connectivity index (χ3v) is 3.22. The molecule has 0 fully saturated rings. The molecule has 0 aromatic heterocycles. The van der Waals surface area contributed by atoms with Crippen LogP contribution >= 0.6 is 0 Å². The Balaban J connectivity index is 2.15. The zero-order valence-electron chi connectivity index (χ0n) is 7.60. The van der Waals surface area contributed by atoms with Crippen molar-refractivity contribution in [3.63, 3.8) is 0 Å². The summed E-state index contributed by atoms with van der Waals surface area (Å²) < 4.78 is 0. The van der Waals surface area contributed by atoms with Crippen molar-refractivity contribution in [1.29, 1.82) is 0 Å². The summed E-state index contributed by atoms with van der Waals surface area (Å²) in [6.07, 6.45) is 5.56. The Kier molecular flexibility index (Phi) is 1.38. The number of hydrogen-bond donors (Lipinski definition) is 1. The molecular weight excluding hydrogens is 176 g/mol. The maximum atomic E-state index is 10.8. The minimum atomic E-state index is -0.834. The van der Waals surface area contributed by atoms with Gasteiger partial charge >= 0.3 is 5.97 Å². The molecule has 70 valence electrons. The molecule has 0 heterocycles. The standard InChI is InChI=1S/C12H10O2/c13-12(14)9-3-4-10-7-1-2-8(5-7)11(10)6-9/h1-4,6-8H,5H2,(H,13,14)/t7-,8-/m0/s1. The Morgan fingerprint density at radius 3 is 2.64 bits per heavy atom. The van der Waals surface area contributed by atoms with Crippen LogP contribution in [0.3, 0.4) is 0 Å². The van der Waals surface area contributed by atoms with Gasteiger partial charge in [-0.1, -0.05) is 18.2 Å². The van der Waals surface area contributed by atoms with E-state index in [-0.39, 0.29) is 0 Å². The van der Waals surface area contributed by atoms with E-state index in [1.807, 2.05) is 12.1 Å². The number of benzene rings is 1. The van der Waals surface area contributed by atoms with Crippen LogP contribution in [0.5, 0.6) is 0 Å². The zero-order valence-corrected chi connectivity index (χ0v) is 7.60. The number of carboxylic acids is 1. The number of aromatic carboxylic acids is 1. The lowest BCUT2D eigenvalue weighted by Crippen LogP contribution is -2.00. The number of carboxylic acid groups (broad SMARTS) is 1. The number of rotatable bonds is 1. The highest BCUT2D eigenvalue weighted by molar-refractivity contribution is 5.88. The largest absolute Gasteiger partial charge is 0.478 e. The summed E-state index contributed by atoms with van der Waals surface area (Å²) >= 11 is 0. The summed E-state index contributed by atoms with van der Waals surface area (Å²) in [5, 5.41) is 8.87. The fourth-order valence-corrected chi connectivity index (χ4v) is 2.53. The molecule has 0 saturated heterocycles. The lowest BCUT2D eigenvalue weighted by Gasteiger charge is -2.10. The Morgan fingerprint density at radius 1 is 1.21 bits per heavy atom. The van der Waals surface area contributed by atoms with E-state index >= 15 is 0 Å². The lowest BCUT2D eigenvalue weighted by atomic mass is 9.95. The molecule has 2 heteroatoms. The molecule has 2 aliphatic rings. The Bertz CT molecular complexity index is 446. The van der Waals surface area contributed by atoms with Crippen molar-refractivity contribution in [3.8, 4) is 0 Å². The molecule has 0 radical (unpaired) electrons. The molecule has 2 bridgehead atoms. The Hall–Kier alpha value is -1.57. The maximum Gasteiger partial charge on any atom is 0.335 e. The van der Waals surface area contributed by atoms with Crippen molar-refractivity contribution in [2.24, 2.45) is 0 Å². The first-order valence-electron chi connectivity index (χ1n) is 4.81. The van der Waals surface area contributed by atoms with Gasteiger partial charge < -0.3 is 5.11 Å². The first-order chi connectivity index (χ1) is 6.75. The summed E-state index contributed by atoms with van der Waals surface area (Å²) in [4.78, 5) is 10.8. The van der Waals surface area contributed by atoms with Crippen molar-refractivity contribution < 1.29 is 9.90 Å². The Morgan fingerprint density at radius 2 is 1.93 bits per heavy atom. The van der Waals surface area contributed by atoms with E-state index in [9.17, 15) is 4.79 Å². The van der Waals surface area contributed by atoms with E-state index in [0.29, 0.717) is 17.4 Å². The van der Waals surface area contributed by atoms with Gasteiger partial charge in [0.15, 0.2) is 0 Å². The van der Waals surface area contributed by atoms with Gasteiger partial charge in [0.1, 0.15) is 0 Å². The molecule has 3 rings (SSSR count). The lowest BCUT2D eigenvalue weighted by molar-refractivity contribution is 0.0697. The van der Waals surface area contributed by atoms with Gasteiger partial charge in [0.25, 0.3) is 0 Å². The van der Waals surface area contributed by atoms with Gasteiger partial charge in [0.05, 0.1) is 5.56 Å². The van der Waals surface area contributed by atoms with Gasteiger partial charge in [-0.05, 0) is 29.7 Å². The smallest absolute Gasteiger partial charge is 0.335 e. The van der Waals surface area contributed by atoms with Crippen molar-refractivity contribution in [1.82, 2.24) is 0 Å². The van der Waals surface area contributed by atoms with Crippen LogP contribution in [-0.4, -0.2) is 11.1 Å². The van der Waals surface area contributed by atoms with E-state index in [4.69, 9.17) is 5.11 Å². The van der Waals surface area contributed by atoms with Crippen LogP contribution in [0.15, 0.2) is 30.4 Å². The van der Waals surface area contributed by atoms with Crippen LogP contribution in [0.4, 0.5) is 0 Å². The minimum absolute atomic E-state index is 0.407. The maximum absolute atomic E-state index is 10.8. The quantitative estimate of drug-likeness (QED) is 0.684. The van der Waals surface area contributed by atoms with E-state index in [1.165, 1.54) is 11.1 Å². The summed E-state index contributed by atoms with van der Waals surface area (Å²) in [5.74, 6) is 0.173. The first kappa shape index (κ1) is 7.80. The highest BCUT2D eigenvalue weighted by Crippen LogP contribution is 2.48. The van der Waals surface area contributed by atoms with Gasteiger partial charge in [0, 0.05) is 11.8 Å². The third-order valence-electron chi connectivity index (χ3n) is 3.22. The molecule has 0 spiro atoms. The number of fused-ring (bicyclic) bond motifs is 5. The molecule has 0 aliphatic heterocycles. The molecule has 2 aliphatic carbocycles. The second-order valence-corrected chi connectivity index (χ2v) is 3.98. The highest BCUT2D eigenvalue weighted by Gasteiger charge is 2.32. The van der Waals surface area contributed by atoms with Crippen LogP contribution in [0.1, 0.15) is 39.7 Å². The third kappa shape index (κ3) is 0.882. The average molecular weight is 186 g/mol. The van der Waals surface area contributed by atoms with Gasteiger partial charge in [-0.2, -0.15) is 0 Å². The van der Waals surface area contributed by atoms with Crippen molar-refractivity contribution in [2.75, 3.05) is 0 Å². The predicted molar refractivity (Wildman–Crippen MR) is 52.6 cm³/mol. The van der Waals surface area contributed by atoms with Crippen LogP contribution in [0.25, 0.3) is 0 Å². The van der Waals surface area contributed by atoms with E-state index < -0.39 is 5.97 Å². The molecule has 0 unspecified atom stereocenters. The van der Waals surface area contributed by atoms with Crippen LogP contribution in [-0.2, 0) is 0 Å². The van der Waals surface area contributed by atoms with E-state index in [2.05, 4.69) is 12.2 Å². The van der Waals surface area contributed by atoms with Crippen LogP contribution in [0, 0.1) is 0 Å². The summed E-state index contributed by atoms with van der Waals surface area (Å²) in [7, 11) is 0. The molecule has 2 atom stereocenters. The summed E-state index contributed by atoms with van der Waals surface area (Å²) in [6, 6.07) is 5.49. The van der Waals surface area contributed by atoms with E-state index in [1.54, 1.807) is 6.07 Å². The van der Waals surface area contributed by atoms with Gasteiger partial charge in [-0.3, -0.25) is 0 Å². The monoisotopic (exact) mass is 186 g/mol. The Labute approximate surface area is 81.9 Å². The second-order valence-electron chi connectivity index (χ2n) is 3.98. The SMILES string of the molecule is O=C(O)c1ccc2c(c1)[C@H]1C=C[C@H]2C1. The summed E-state index contributed by atoms with van der Waals surface area (Å²) in [5.41, 5.74) is 2.95. The topological polar surface area (TPSA) is 37.3 Å². The molecule has 0 saturated carbocycles. The molecule has 2 nitrogen and oxygen atoms in total. The molecule has 1 aromatic carbocycles. The summed E-state index contributed by atoms with van der Waals surface area (Å²) in [6.45, 7) is 0. The number of hydrogen-bond acceptors (Lipinski definition) is 1. The molecule has 14 heavy (non-hydrogen) atoms. The van der Waals surface area contributed by atoms with Crippen LogP contribution < -0.4 is 0 Å². The molecule has 1 N–H and O–H groups in total. The van der Waals surface area contributed by atoms with Crippen molar-refractivity contribution in [2.45, 2.75) is 18.3 Å². The van der Waals surface area contributed by atoms with Crippen LogP contribution in [0.2, 0.25) is 0 Å². The van der Waals surface area contributed by atoms with Gasteiger partial charge in [0.2, 0.25) is 0 Å². The van der Waals surface area contributed by atoms with Crippen molar-refractivity contribution in [3.05, 3.63) is 47.0 Å².